The number of imidazole rings is 1. The van der Waals surface area contributed by atoms with Crippen molar-refractivity contribution >= 4 is 16.9 Å². The van der Waals surface area contributed by atoms with Crippen molar-refractivity contribution in [1.29, 1.82) is 0 Å². The lowest BCUT2D eigenvalue weighted by molar-refractivity contribution is -0.126. The average Bonchev–Trinajstić information content (AvgIpc) is 2.82. The lowest BCUT2D eigenvalue weighted by Crippen LogP contribution is -2.55. The molecule has 1 unspecified atom stereocenters. The summed E-state index contributed by atoms with van der Waals surface area (Å²) in [4.78, 5) is 17.1. The monoisotopic (exact) mass is 314 g/mol. The molecule has 1 aliphatic rings. The fourth-order valence-electron chi connectivity index (χ4n) is 3.53. The van der Waals surface area contributed by atoms with Crippen LogP contribution < -0.4 is 10.6 Å². The Morgan fingerprint density at radius 1 is 1.43 bits per heavy atom. The number of benzene rings is 1. The third kappa shape index (κ3) is 3.24. The molecule has 2 N–H and O–H groups in total. The first-order chi connectivity index (χ1) is 11.0. The molecule has 124 valence electrons. The van der Waals surface area contributed by atoms with E-state index in [0.29, 0.717) is 6.54 Å². The van der Waals surface area contributed by atoms with Crippen molar-refractivity contribution in [3.63, 3.8) is 0 Å². The number of fused-ring (bicyclic) bond motifs is 1. The van der Waals surface area contributed by atoms with E-state index in [9.17, 15) is 4.79 Å². The number of rotatable bonds is 4. The van der Waals surface area contributed by atoms with Gasteiger partial charge in [0.15, 0.2) is 0 Å². The number of hydrogen-bond donors (Lipinski definition) is 2. The molecule has 1 fully saturated rings. The number of aromatic nitrogens is 2. The molecule has 0 bridgehead atoms. The number of hydrogen-bond acceptors (Lipinski definition) is 3. The van der Waals surface area contributed by atoms with Crippen molar-refractivity contribution in [2.75, 3.05) is 13.1 Å². The van der Waals surface area contributed by atoms with Gasteiger partial charge in [-0.05, 0) is 43.9 Å². The van der Waals surface area contributed by atoms with Gasteiger partial charge in [0, 0.05) is 13.1 Å². The first kappa shape index (κ1) is 16.0. The maximum absolute atomic E-state index is 12.5. The normalized spacial score (nSPS) is 20.6. The van der Waals surface area contributed by atoms with Gasteiger partial charge in [0.1, 0.15) is 5.82 Å². The highest BCUT2D eigenvalue weighted by atomic mass is 16.2. The van der Waals surface area contributed by atoms with E-state index in [2.05, 4.69) is 40.1 Å². The molecule has 1 aliphatic heterocycles. The molecule has 1 atom stereocenters. The highest BCUT2D eigenvalue weighted by Gasteiger charge is 2.36. The second kappa shape index (κ2) is 6.32. The second-order valence-corrected chi connectivity index (χ2v) is 7.07. The molecule has 3 rings (SSSR count). The number of nitrogens with one attached hydrogen (secondary N) is 2. The van der Waals surface area contributed by atoms with Crippen LogP contribution in [-0.4, -0.2) is 34.6 Å². The minimum Gasteiger partial charge on any atom is -0.353 e. The Morgan fingerprint density at radius 3 is 3.00 bits per heavy atom. The van der Waals surface area contributed by atoms with Crippen LogP contribution in [0, 0.1) is 12.3 Å². The third-order valence-corrected chi connectivity index (χ3v) is 4.87. The quantitative estimate of drug-likeness (QED) is 0.910. The summed E-state index contributed by atoms with van der Waals surface area (Å²) in [7, 11) is 0. The second-order valence-electron chi connectivity index (χ2n) is 7.07. The van der Waals surface area contributed by atoms with Crippen LogP contribution in [0.4, 0.5) is 0 Å². The van der Waals surface area contributed by atoms with Gasteiger partial charge in [0.2, 0.25) is 5.91 Å². The molecule has 23 heavy (non-hydrogen) atoms. The molecule has 0 radical (unpaired) electrons. The van der Waals surface area contributed by atoms with Crippen molar-refractivity contribution in [2.24, 2.45) is 5.41 Å². The van der Waals surface area contributed by atoms with Crippen molar-refractivity contribution in [2.45, 2.75) is 46.2 Å². The van der Waals surface area contributed by atoms with Gasteiger partial charge in [0.05, 0.1) is 17.1 Å². The van der Waals surface area contributed by atoms with E-state index in [-0.39, 0.29) is 17.4 Å². The first-order valence-electron chi connectivity index (χ1n) is 8.42. The zero-order valence-corrected chi connectivity index (χ0v) is 14.2. The highest BCUT2D eigenvalue weighted by Crippen LogP contribution is 2.30. The number of piperidine rings is 1. The Morgan fingerprint density at radius 2 is 2.22 bits per heavy atom. The topological polar surface area (TPSA) is 59.0 Å². The Labute approximate surface area is 137 Å². The number of para-hydroxylation sites is 2. The van der Waals surface area contributed by atoms with Crippen LogP contribution >= 0.6 is 0 Å². The predicted molar refractivity (Wildman–Crippen MR) is 92.3 cm³/mol. The fourth-order valence-corrected chi connectivity index (χ4v) is 3.53. The van der Waals surface area contributed by atoms with E-state index in [1.54, 1.807) is 0 Å². The van der Waals surface area contributed by atoms with Crippen LogP contribution in [-0.2, 0) is 11.3 Å². The summed E-state index contributed by atoms with van der Waals surface area (Å²) in [5, 5.41) is 6.45. The molecular weight excluding hydrogens is 288 g/mol. The number of nitrogens with zero attached hydrogens (tertiary/aromatic N) is 2. The van der Waals surface area contributed by atoms with Gasteiger partial charge >= 0.3 is 0 Å². The van der Waals surface area contributed by atoms with Crippen molar-refractivity contribution in [1.82, 2.24) is 20.2 Å². The molecule has 1 amide bonds. The van der Waals surface area contributed by atoms with Crippen molar-refractivity contribution in [3.05, 3.63) is 30.1 Å². The fraction of sp³-hybridized carbons (Fsp3) is 0.556. The van der Waals surface area contributed by atoms with E-state index in [1.165, 1.54) is 0 Å². The standard InChI is InChI=1S/C18H26N4O/c1-13-21-14-7-4-5-8-15(14)22(13)12-11-20-17(23)16-18(2,3)9-6-10-19-16/h4-5,7-8,16,19H,6,9-12H2,1-3H3,(H,20,23). The Kier molecular flexibility index (Phi) is 4.39. The Bertz CT molecular complexity index is 704. The maximum atomic E-state index is 12.5. The lowest BCUT2D eigenvalue weighted by Gasteiger charge is -2.38. The molecule has 5 nitrogen and oxygen atoms in total. The molecule has 1 saturated heterocycles. The minimum absolute atomic E-state index is 0.0138. The predicted octanol–water partition coefficient (Wildman–Crippen LogP) is 2.24. The molecule has 1 aromatic heterocycles. The van der Waals surface area contributed by atoms with E-state index < -0.39 is 0 Å². The minimum atomic E-state index is -0.100. The molecular formula is C18H26N4O. The molecule has 5 heteroatoms. The summed E-state index contributed by atoms with van der Waals surface area (Å²) in [5.74, 6) is 1.09. The van der Waals surface area contributed by atoms with Crippen LogP contribution in [0.25, 0.3) is 11.0 Å². The molecule has 2 heterocycles. The van der Waals surface area contributed by atoms with Gasteiger partial charge in [0.25, 0.3) is 0 Å². The van der Waals surface area contributed by atoms with Crippen LogP contribution in [0.3, 0.4) is 0 Å². The van der Waals surface area contributed by atoms with E-state index in [0.717, 1.165) is 42.8 Å². The number of aryl methyl sites for hydroxylation is 1. The van der Waals surface area contributed by atoms with Gasteiger partial charge in [-0.2, -0.15) is 0 Å². The SMILES string of the molecule is Cc1nc2ccccc2n1CCNC(=O)C1NCCCC1(C)C. The molecule has 2 aromatic rings. The lowest BCUT2D eigenvalue weighted by atomic mass is 9.77. The van der Waals surface area contributed by atoms with Crippen molar-refractivity contribution in [3.8, 4) is 0 Å². The van der Waals surface area contributed by atoms with Crippen molar-refractivity contribution < 1.29 is 4.79 Å². The summed E-state index contributed by atoms with van der Waals surface area (Å²) >= 11 is 0. The summed E-state index contributed by atoms with van der Waals surface area (Å²) in [6, 6.07) is 8.01. The zero-order valence-electron chi connectivity index (χ0n) is 14.2. The molecule has 0 saturated carbocycles. The number of carbonyl (C=O) groups excluding carboxylic acids is 1. The first-order valence-corrected chi connectivity index (χ1v) is 8.42. The summed E-state index contributed by atoms with van der Waals surface area (Å²) in [6.45, 7) is 8.62. The Balaban J connectivity index is 1.62. The summed E-state index contributed by atoms with van der Waals surface area (Å²) in [5.41, 5.74) is 2.14. The summed E-state index contributed by atoms with van der Waals surface area (Å²) < 4.78 is 2.16. The van der Waals surface area contributed by atoms with E-state index in [4.69, 9.17) is 0 Å². The van der Waals surface area contributed by atoms with Crippen LogP contribution in [0.15, 0.2) is 24.3 Å². The van der Waals surface area contributed by atoms with Gasteiger partial charge in [-0.15, -0.1) is 0 Å². The van der Waals surface area contributed by atoms with Gasteiger partial charge in [-0.3, -0.25) is 4.79 Å². The largest absolute Gasteiger partial charge is 0.353 e. The van der Waals surface area contributed by atoms with Gasteiger partial charge < -0.3 is 15.2 Å². The average molecular weight is 314 g/mol. The van der Waals surface area contributed by atoms with E-state index >= 15 is 0 Å². The number of carbonyl (C=O) groups is 1. The molecule has 0 spiro atoms. The van der Waals surface area contributed by atoms with Crippen LogP contribution in [0.1, 0.15) is 32.5 Å². The van der Waals surface area contributed by atoms with Crippen LogP contribution in [0.5, 0.6) is 0 Å². The van der Waals surface area contributed by atoms with E-state index in [1.807, 2.05) is 25.1 Å². The Hall–Kier alpha value is -1.88. The van der Waals surface area contributed by atoms with Crippen LogP contribution in [0.2, 0.25) is 0 Å². The van der Waals surface area contributed by atoms with Gasteiger partial charge in [-0.1, -0.05) is 26.0 Å². The smallest absolute Gasteiger partial charge is 0.237 e. The molecule has 0 aliphatic carbocycles. The number of amides is 1. The highest BCUT2D eigenvalue weighted by molar-refractivity contribution is 5.82. The maximum Gasteiger partial charge on any atom is 0.237 e. The molecule has 1 aromatic carbocycles. The van der Waals surface area contributed by atoms with Gasteiger partial charge in [-0.25, -0.2) is 4.98 Å². The third-order valence-electron chi connectivity index (χ3n) is 4.87. The zero-order chi connectivity index (χ0) is 16.4. The summed E-state index contributed by atoms with van der Waals surface area (Å²) in [6.07, 6.45) is 2.22.